The third-order valence-corrected chi connectivity index (χ3v) is 11.8. The summed E-state index contributed by atoms with van der Waals surface area (Å²) in [4.78, 5) is 24.3. The van der Waals surface area contributed by atoms with E-state index in [1.165, 1.54) is 17.7 Å². The summed E-state index contributed by atoms with van der Waals surface area (Å²) in [5, 5.41) is 2.96. The summed E-state index contributed by atoms with van der Waals surface area (Å²) in [6, 6.07) is 0. The van der Waals surface area contributed by atoms with Crippen LogP contribution in [-0.4, -0.2) is 30.8 Å². The van der Waals surface area contributed by atoms with Gasteiger partial charge in [0.25, 0.3) is 0 Å². The van der Waals surface area contributed by atoms with Crippen molar-refractivity contribution in [2.24, 2.45) is 5.92 Å². The smallest absolute Gasteiger partial charge is 0.413 e. The van der Waals surface area contributed by atoms with E-state index in [1.54, 1.807) is 0 Å². The van der Waals surface area contributed by atoms with Gasteiger partial charge in [-0.2, -0.15) is 0 Å². The molecule has 1 N–H and O–H groups in total. The van der Waals surface area contributed by atoms with Gasteiger partial charge >= 0.3 is 17.1 Å². The molecule has 1 heterocycles. The number of carbonyl (C=O) groups is 2. The quantitative estimate of drug-likeness (QED) is 0.351. The van der Waals surface area contributed by atoms with Crippen LogP contribution in [0.5, 0.6) is 0 Å². The Kier molecular flexibility index (Phi) is 13.1. The maximum Gasteiger partial charge on any atom is 2.00 e. The second kappa shape index (κ2) is 13.9. The Balaban J connectivity index is 0.000000750. The SMILES string of the molecule is C[C@@H](O[Si](C)(C)C(C)(C)C)[C@H]1C(=O)N[C@@H]1SC(=O)CCC[C]1[CH][CH][CH][CH]1.[CH]1[CH][CH][CH][CH]1.[Fe+2]. The van der Waals surface area contributed by atoms with Gasteiger partial charge in [0.15, 0.2) is 13.4 Å². The van der Waals surface area contributed by atoms with Crippen LogP contribution in [0.25, 0.3) is 0 Å². The summed E-state index contributed by atoms with van der Waals surface area (Å²) >= 11 is 1.26. The molecule has 0 aromatic rings. The molecule has 0 bridgehead atoms. The van der Waals surface area contributed by atoms with Crippen molar-refractivity contribution in [2.45, 2.75) is 76.6 Å². The first kappa shape index (κ1) is 30.2. The Morgan fingerprint density at radius 2 is 1.62 bits per heavy atom. The molecule has 0 aromatic heterocycles. The average molecular weight is 516 g/mol. The van der Waals surface area contributed by atoms with Crippen molar-refractivity contribution >= 4 is 31.1 Å². The van der Waals surface area contributed by atoms with Gasteiger partial charge in [0, 0.05) is 6.42 Å². The Morgan fingerprint density at radius 1 is 1.09 bits per heavy atom. The average Bonchev–Trinajstić information content (AvgIpc) is 3.36. The molecule has 1 saturated heterocycles. The molecule has 1 aliphatic heterocycles. The molecule has 3 fully saturated rings. The zero-order valence-corrected chi connectivity index (χ0v) is 23.0. The van der Waals surface area contributed by atoms with Crippen LogP contribution in [0.2, 0.25) is 18.1 Å². The monoisotopic (exact) mass is 515 g/mol. The minimum atomic E-state index is -1.94. The number of nitrogens with one attached hydrogen (secondary N) is 1. The van der Waals surface area contributed by atoms with E-state index < -0.39 is 8.32 Å². The molecule has 3 rings (SSSR count). The first-order valence-corrected chi connectivity index (χ1v) is 14.8. The molecule has 4 nitrogen and oxygen atoms in total. The molecule has 3 aliphatic rings. The van der Waals surface area contributed by atoms with Gasteiger partial charge in [-0.25, -0.2) is 0 Å². The molecule has 176 valence electrons. The van der Waals surface area contributed by atoms with Crippen LogP contribution in [0.3, 0.4) is 0 Å². The molecule has 0 spiro atoms. The van der Waals surface area contributed by atoms with E-state index in [-0.39, 0.29) is 50.5 Å². The first-order chi connectivity index (χ1) is 14.5. The Bertz CT molecular complexity index is 579. The molecule has 32 heavy (non-hydrogen) atoms. The number of hydrogen-bond donors (Lipinski definition) is 1. The van der Waals surface area contributed by atoms with Gasteiger partial charge in [0.05, 0.1) is 17.4 Å². The van der Waals surface area contributed by atoms with E-state index in [4.69, 9.17) is 4.43 Å². The van der Waals surface area contributed by atoms with Crippen molar-refractivity contribution < 1.29 is 31.1 Å². The second-order valence-corrected chi connectivity index (χ2v) is 15.6. The third-order valence-electron chi connectivity index (χ3n) is 6.10. The van der Waals surface area contributed by atoms with E-state index >= 15 is 0 Å². The van der Waals surface area contributed by atoms with Crippen LogP contribution in [0.1, 0.15) is 47.0 Å². The summed E-state index contributed by atoms with van der Waals surface area (Å²) < 4.78 is 6.37. The van der Waals surface area contributed by atoms with Gasteiger partial charge in [-0.3, -0.25) is 9.59 Å². The summed E-state index contributed by atoms with van der Waals surface area (Å²) in [5.74, 6) is 1.03. The van der Waals surface area contributed by atoms with Gasteiger partial charge in [-0.05, 0) is 102 Å². The van der Waals surface area contributed by atoms with Gasteiger partial charge < -0.3 is 9.74 Å². The molecule has 2 aliphatic carbocycles. The van der Waals surface area contributed by atoms with Gasteiger partial charge in [0.1, 0.15) is 0 Å². The maximum atomic E-state index is 12.3. The zero-order valence-electron chi connectivity index (χ0n) is 20.0. The molecule has 3 atom stereocenters. The van der Waals surface area contributed by atoms with Gasteiger partial charge in [-0.15, -0.1) is 0 Å². The fraction of sp³-hybridized carbons (Fsp3) is 0.520. The maximum absolute atomic E-state index is 12.3. The molecule has 1 amide bonds. The predicted molar refractivity (Wildman–Crippen MR) is 132 cm³/mol. The zero-order chi connectivity index (χ0) is 23.1. The Labute approximate surface area is 213 Å². The van der Waals surface area contributed by atoms with E-state index in [0.717, 1.165) is 12.8 Å². The second-order valence-electron chi connectivity index (χ2n) is 9.64. The first-order valence-electron chi connectivity index (χ1n) is 11.1. The van der Waals surface area contributed by atoms with Gasteiger partial charge in [0.2, 0.25) is 5.91 Å². The molecule has 2 saturated carbocycles. The van der Waals surface area contributed by atoms with Crippen LogP contribution in [0.15, 0.2) is 0 Å². The number of carbonyl (C=O) groups excluding carboxylic acids is 2. The normalized spacial score (nSPS) is 24.6. The van der Waals surface area contributed by atoms with Crippen molar-refractivity contribution in [3.8, 4) is 0 Å². The summed E-state index contributed by atoms with van der Waals surface area (Å²) in [6.45, 7) is 12.9. The van der Waals surface area contributed by atoms with Crippen molar-refractivity contribution in [1.29, 1.82) is 0 Å². The molecule has 0 aromatic carbocycles. The minimum Gasteiger partial charge on any atom is -0.413 e. The summed E-state index contributed by atoms with van der Waals surface area (Å²) in [7, 11) is -1.94. The Hall–Kier alpha value is 0.186. The van der Waals surface area contributed by atoms with Crippen LogP contribution >= 0.6 is 11.8 Å². The number of amides is 1. The number of hydrogen-bond acceptors (Lipinski definition) is 4. The number of β-lactam (4-membered cyclic amide) rings is 1. The van der Waals surface area contributed by atoms with Crippen molar-refractivity contribution in [3.05, 3.63) is 63.7 Å². The standard InChI is InChI=1S/C20H32NO3SSi.C5H5.Fe/c1-14(24-26(5,6)20(2,3)4)17-18(23)21-19(17)25-16(22)13-9-12-15-10-7-8-11-15;1-2-4-5-3-1;/h7-8,10-11,14,17,19H,9,12-13H2,1-6H3,(H,21,23);1-5H;/q;;+2/t14-,17+,19-;;/m1../s1. The van der Waals surface area contributed by atoms with Crippen molar-refractivity contribution in [3.63, 3.8) is 0 Å². The molecule has 10 radical (unpaired) electrons. The van der Waals surface area contributed by atoms with E-state index in [1.807, 2.05) is 51.9 Å². The third kappa shape index (κ3) is 9.44. The Morgan fingerprint density at radius 3 is 2.09 bits per heavy atom. The van der Waals surface area contributed by atoms with E-state index in [0.29, 0.717) is 6.42 Å². The summed E-state index contributed by atoms with van der Waals surface area (Å²) in [5.41, 5.74) is 0. The van der Waals surface area contributed by atoms with Crippen LogP contribution < -0.4 is 5.32 Å². The van der Waals surface area contributed by atoms with Crippen molar-refractivity contribution in [2.75, 3.05) is 0 Å². The molecular formula is C25H37FeNO3SSi+2. The van der Waals surface area contributed by atoms with Crippen molar-refractivity contribution in [1.82, 2.24) is 5.32 Å². The van der Waals surface area contributed by atoms with Crippen LogP contribution in [-0.2, 0) is 31.1 Å². The number of thioether (sulfide) groups is 1. The largest absolute Gasteiger partial charge is 2.00 e. The van der Waals surface area contributed by atoms with E-state index in [9.17, 15) is 9.59 Å². The van der Waals surface area contributed by atoms with E-state index in [2.05, 4.69) is 52.0 Å². The fourth-order valence-electron chi connectivity index (χ4n) is 3.18. The fourth-order valence-corrected chi connectivity index (χ4v) is 5.82. The van der Waals surface area contributed by atoms with Crippen LogP contribution in [0.4, 0.5) is 0 Å². The molecule has 7 heteroatoms. The predicted octanol–water partition coefficient (Wildman–Crippen LogP) is 5.32. The number of rotatable bonds is 8. The summed E-state index contributed by atoms with van der Waals surface area (Å²) in [6.07, 6.45) is 20.3. The molecule has 0 unspecified atom stereocenters. The minimum absolute atomic E-state index is 0. The van der Waals surface area contributed by atoms with Crippen LogP contribution in [0, 0.1) is 69.6 Å². The molecular weight excluding hydrogens is 478 g/mol. The topological polar surface area (TPSA) is 55.4 Å². The van der Waals surface area contributed by atoms with Gasteiger partial charge in [-0.1, -0.05) is 32.5 Å².